The first-order chi connectivity index (χ1) is 10.1. The van der Waals surface area contributed by atoms with Crippen LogP contribution in [-0.4, -0.2) is 35.5 Å². The molecule has 2 heterocycles. The molecule has 2 aromatic rings. The summed E-state index contributed by atoms with van der Waals surface area (Å²) < 4.78 is 0.976. The van der Waals surface area contributed by atoms with E-state index in [4.69, 9.17) is 11.6 Å². The fourth-order valence-corrected chi connectivity index (χ4v) is 2.98. The Bertz CT molecular complexity index is 722. The Morgan fingerprint density at radius 3 is 3.00 bits per heavy atom. The van der Waals surface area contributed by atoms with E-state index >= 15 is 0 Å². The quantitative estimate of drug-likeness (QED) is 0.785. The van der Waals surface area contributed by atoms with Gasteiger partial charge < -0.3 is 10.2 Å². The van der Waals surface area contributed by atoms with Gasteiger partial charge in [-0.1, -0.05) is 15.9 Å². The third kappa shape index (κ3) is 2.82. The van der Waals surface area contributed by atoms with Crippen LogP contribution in [0.3, 0.4) is 0 Å². The molecule has 0 spiro atoms. The second kappa shape index (κ2) is 5.77. The predicted octanol–water partition coefficient (Wildman–Crippen LogP) is 2.68. The molecule has 0 saturated carbocycles. The summed E-state index contributed by atoms with van der Waals surface area (Å²) in [6.45, 7) is 3.72. The summed E-state index contributed by atoms with van der Waals surface area (Å²) in [5.41, 5.74) is 1.82. The number of amides is 1. The van der Waals surface area contributed by atoms with Crippen LogP contribution in [0, 0.1) is 6.92 Å². The fourth-order valence-electron chi connectivity index (χ4n) is 2.49. The van der Waals surface area contributed by atoms with Gasteiger partial charge in [0.2, 0.25) is 11.2 Å². The predicted molar refractivity (Wildman–Crippen MR) is 86.8 cm³/mol. The number of carbonyl (C=O) groups excluding carboxylic acids is 1. The van der Waals surface area contributed by atoms with Crippen molar-refractivity contribution in [2.75, 3.05) is 24.5 Å². The molecule has 1 saturated heterocycles. The van der Waals surface area contributed by atoms with Crippen LogP contribution in [0.25, 0.3) is 10.9 Å². The van der Waals surface area contributed by atoms with E-state index in [9.17, 15) is 4.79 Å². The maximum absolute atomic E-state index is 11.8. The maximum atomic E-state index is 11.8. The molecule has 0 bridgehead atoms. The number of carbonyl (C=O) groups is 1. The van der Waals surface area contributed by atoms with Crippen LogP contribution in [0.1, 0.15) is 12.0 Å². The standard InChI is InChI=1S/C14H14BrClN4O/c1-8-10(15)4-3-9-12(8)18-14(16)19-13(9)20-6-2-5-17-11(21)7-20/h3-4H,2,5-7H2,1H3,(H,17,21). The normalized spacial score (nSPS) is 16.0. The molecule has 0 atom stereocenters. The van der Waals surface area contributed by atoms with Crippen molar-refractivity contribution in [2.24, 2.45) is 0 Å². The number of anilines is 1. The lowest BCUT2D eigenvalue weighted by Crippen LogP contribution is -2.33. The van der Waals surface area contributed by atoms with Crippen molar-refractivity contribution in [1.82, 2.24) is 15.3 Å². The minimum Gasteiger partial charge on any atom is -0.354 e. The highest BCUT2D eigenvalue weighted by Gasteiger charge is 2.20. The lowest BCUT2D eigenvalue weighted by atomic mass is 10.1. The number of fused-ring (bicyclic) bond motifs is 1. The van der Waals surface area contributed by atoms with Crippen molar-refractivity contribution in [3.63, 3.8) is 0 Å². The Kier molecular flexibility index (Phi) is 3.99. The second-order valence-electron chi connectivity index (χ2n) is 5.01. The van der Waals surface area contributed by atoms with E-state index in [1.807, 2.05) is 24.0 Å². The van der Waals surface area contributed by atoms with Crippen molar-refractivity contribution < 1.29 is 4.79 Å². The number of hydrogen-bond donors (Lipinski definition) is 1. The summed E-state index contributed by atoms with van der Waals surface area (Å²) in [7, 11) is 0. The number of rotatable bonds is 1. The zero-order valence-corrected chi connectivity index (χ0v) is 13.8. The third-order valence-corrected chi connectivity index (χ3v) is 4.60. The average molecular weight is 370 g/mol. The minimum atomic E-state index is 0.00391. The fraction of sp³-hybridized carbons (Fsp3) is 0.357. The largest absolute Gasteiger partial charge is 0.354 e. The van der Waals surface area contributed by atoms with Gasteiger partial charge in [0.1, 0.15) is 5.82 Å². The Morgan fingerprint density at radius 1 is 1.38 bits per heavy atom. The first kappa shape index (κ1) is 14.5. The highest BCUT2D eigenvalue weighted by Crippen LogP contribution is 2.31. The first-order valence-electron chi connectivity index (χ1n) is 6.70. The molecule has 3 rings (SSSR count). The SMILES string of the molecule is Cc1c(Br)ccc2c(N3CCCNC(=O)C3)nc(Cl)nc12. The van der Waals surface area contributed by atoms with E-state index in [0.29, 0.717) is 6.54 Å². The molecule has 0 radical (unpaired) electrons. The zero-order valence-electron chi connectivity index (χ0n) is 11.5. The molecule has 5 nitrogen and oxygen atoms in total. The minimum absolute atomic E-state index is 0.00391. The summed E-state index contributed by atoms with van der Waals surface area (Å²) in [5, 5.41) is 3.97. The van der Waals surface area contributed by atoms with Gasteiger partial charge in [0, 0.05) is 22.9 Å². The van der Waals surface area contributed by atoms with Crippen LogP contribution in [-0.2, 0) is 4.79 Å². The highest BCUT2D eigenvalue weighted by molar-refractivity contribution is 9.10. The molecule has 7 heteroatoms. The zero-order chi connectivity index (χ0) is 15.0. The molecule has 1 aliphatic heterocycles. The summed E-state index contributed by atoms with van der Waals surface area (Å²) in [4.78, 5) is 22.4. The number of benzene rings is 1. The van der Waals surface area contributed by atoms with Gasteiger partial charge in [0.15, 0.2) is 0 Å². The van der Waals surface area contributed by atoms with Crippen molar-refractivity contribution in [2.45, 2.75) is 13.3 Å². The van der Waals surface area contributed by atoms with Crippen LogP contribution in [0.2, 0.25) is 5.28 Å². The number of aryl methyl sites for hydroxylation is 1. The van der Waals surface area contributed by atoms with Crippen LogP contribution in [0.5, 0.6) is 0 Å². The van der Waals surface area contributed by atoms with E-state index in [1.165, 1.54) is 0 Å². The van der Waals surface area contributed by atoms with Gasteiger partial charge in [-0.2, -0.15) is 4.98 Å². The average Bonchev–Trinajstić information content (AvgIpc) is 2.67. The Hall–Kier alpha value is -1.40. The first-order valence-corrected chi connectivity index (χ1v) is 7.87. The summed E-state index contributed by atoms with van der Waals surface area (Å²) in [6.07, 6.45) is 0.879. The van der Waals surface area contributed by atoms with Gasteiger partial charge in [-0.3, -0.25) is 4.79 Å². The van der Waals surface area contributed by atoms with E-state index in [-0.39, 0.29) is 17.7 Å². The molecular weight excluding hydrogens is 356 g/mol. The molecule has 1 aromatic carbocycles. The van der Waals surface area contributed by atoms with Gasteiger partial charge in [0.25, 0.3) is 0 Å². The van der Waals surface area contributed by atoms with Gasteiger partial charge >= 0.3 is 0 Å². The number of hydrogen-bond acceptors (Lipinski definition) is 4. The van der Waals surface area contributed by atoms with Crippen molar-refractivity contribution in [1.29, 1.82) is 0 Å². The molecule has 0 unspecified atom stereocenters. The van der Waals surface area contributed by atoms with Crippen LogP contribution in [0.4, 0.5) is 5.82 Å². The second-order valence-corrected chi connectivity index (χ2v) is 6.20. The number of nitrogens with one attached hydrogen (secondary N) is 1. The molecule has 0 aliphatic carbocycles. The summed E-state index contributed by atoms with van der Waals surface area (Å²) in [5.74, 6) is 0.724. The lowest BCUT2D eigenvalue weighted by molar-refractivity contribution is -0.119. The molecule has 21 heavy (non-hydrogen) atoms. The van der Waals surface area contributed by atoms with Crippen molar-refractivity contribution >= 4 is 50.2 Å². The topological polar surface area (TPSA) is 58.1 Å². The van der Waals surface area contributed by atoms with E-state index < -0.39 is 0 Å². The molecule has 1 amide bonds. The number of halogens is 2. The van der Waals surface area contributed by atoms with Gasteiger partial charge in [-0.15, -0.1) is 0 Å². The van der Waals surface area contributed by atoms with Crippen molar-refractivity contribution in [3.05, 3.63) is 27.5 Å². The van der Waals surface area contributed by atoms with Gasteiger partial charge in [-0.25, -0.2) is 4.98 Å². The highest BCUT2D eigenvalue weighted by atomic mass is 79.9. The molecular formula is C14H14BrClN4O. The Labute approximate surface area is 135 Å². The van der Waals surface area contributed by atoms with Crippen LogP contribution >= 0.6 is 27.5 Å². The lowest BCUT2D eigenvalue weighted by Gasteiger charge is -2.22. The molecule has 1 N–H and O–H groups in total. The van der Waals surface area contributed by atoms with Crippen LogP contribution in [0.15, 0.2) is 16.6 Å². The Morgan fingerprint density at radius 2 is 2.19 bits per heavy atom. The molecule has 1 fully saturated rings. The van der Waals surface area contributed by atoms with Crippen molar-refractivity contribution in [3.8, 4) is 0 Å². The molecule has 1 aliphatic rings. The number of nitrogens with zero attached hydrogens (tertiary/aromatic N) is 3. The van der Waals surface area contributed by atoms with Gasteiger partial charge in [0.05, 0.1) is 12.1 Å². The smallest absolute Gasteiger partial charge is 0.239 e. The Balaban J connectivity index is 2.17. The van der Waals surface area contributed by atoms with E-state index in [1.54, 1.807) is 0 Å². The van der Waals surface area contributed by atoms with E-state index in [2.05, 4.69) is 31.2 Å². The van der Waals surface area contributed by atoms with Gasteiger partial charge in [-0.05, 0) is 42.6 Å². The molecule has 110 valence electrons. The third-order valence-electron chi connectivity index (χ3n) is 3.57. The summed E-state index contributed by atoms with van der Waals surface area (Å²) >= 11 is 9.58. The summed E-state index contributed by atoms with van der Waals surface area (Å²) in [6, 6.07) is 3.93. The molecule has 1 aromatic heterocycles. The monoisotopic (exact) mass is 368 g/mol. The van der Waals surface area contributed by atoms with E-state index in [0.717, 1.165) is 39.7 Å². The maximum Gasteiger partial charge on any atom is 0.239 e. The van der Waals surface area contributed by atoms with Crippen LogP contribution < -0.4 is 10.2 Å². The number of aromatic nitrogens is 2.